The number of nitrogens with one attached hydrogen (secondary N) is 1. The zero-order valence-corrected chi connectivity index (χ0v) is 11.1. The van der Waals surface area contributed by atoms with Crippen molar-refractivity contribution in [2.24, 2.45) is 11.0 Å². The Kier molecular flexibility index (Phi) is 3.62. The highest BCUT2D eigenvalue weighted by Gasteiger charge is 2.30. The summed E-state index contributed by atoms with van der Waals surface area (Å²) in [6.07, 6.45) is 6.63. The van der Waals surface area contributed by atoms with E-state index in [1.54, 1.807) is 0 Å². The molecule has 1 N–H and O–H groups in total. The van der Waals surface area contributed by atoms with Crippen LogP contribution in [0.4, 0.5) is 0 Å². The molecule has 2 fully saturated rings. The van der Waals surface area contributed by atoms with Gasteiger partial charge in [0.2, 0.25) is 5.91 Å². The molecule has 0 unspecified atom stereocenters. The van der Waals surface area contributed by atoms with Crippen molar-refractivity contribution in [2.45, 2.75) is 44.4 Å². The predicted molar refractivity (Wildman–Crippen MR) is 76.0 cm³/mol. The second-order valence-corrected chi connectivity index (χ2v) is 5.56. The molecule has 0 spiro atoms. The van der Waals surface area contributed by atoms with Crippen molar-refractivity contribution < 1.29 is 4.79 Å². The van der Waals surface area contributed by atoms with Gasteiger partial charge in [0.1, 0.15) is 0 Å². The van der Waals surface area contributed by atoms with Crippen molar-refractivity contribution in [3.63, 3.8) is 0 Å². The molecule has 2 aliphatic carbocycles. The minimum absolute atomic E-state index is 0.102. The molecule has 0 saturated heterocycles. The summed E-state index contributed by atoms with van der Waals surface area (Å²) in [7, 11) is 0. The maximum absolute atomic E-state index is 11.7. The lowest BCUT2D eigenvalue weighted by Gasteiger charge is -2.24. The lowest BCUT2D eigenvalue weighted by Crippen LogP contribution is -2.25. The van der Waals surface area contributed by atoms with E-state index in [1.165, 1.54) is 18.4 Å². The standard InChI is InChI=1S/C16H20N2O/c19-16(13-10-11-13)18-17-15-9-5-4-8-14(15)12-6-2-1-3-7-12/h1-3,6-7,13-14H,4-5,8-11H2,(H,18,19)/t14-/m1/s1. The first kappa shape index (κ1) is 12.4. The largest absolute Gasteiger partial charge is 0.273 e. The van der Waals surface area contributed by atoms with Crippen LogP contribution < -0.4 is 5.43 Å². The molecule has 1 amide bonds. The van der Waals surface area contributed by atoms with E-state index in [0.29, 0.717) is 5.92 Å². The fraction of sp³-hybridized carbons (Fsp3) is 0.500. The fourth-order valence-electron chi connectivity index (χ4n) is 2.74. The van der Waals surface area contributed by atoms with Gasteiger partial charge in [-0.15, -0.1) is 0 Å². The van der Waals surface area contributed by atoms with Crippen LogP contribution in [0.25, 0.3) is 0 Å². The van der Waals surface area contributed by atoms with E-state index in [2.05, 4.69) is 34.8 Å². The number of carbonyl (C=O) groups is 1. The first-order valence-electron chi connectivity index (χ1n) is 7.26. The summed E-state index contributed by atoms with van der Waals surface area (Å²) in [5.41, 5.74) is 5.23. The minimum Gasteiger partial charge on any atom is -0.273 e. The van der Waals surface area contributed by atoms with Gasteiger partial charge in [-0.05, 0) is 37.7 Å². The van der Waals surface area contributed by atoms with Gasteiger partial charge in [-0.2, -0.15) is 5.10 Å². The van der Waals surface area contributed by atoms with E-state index in [4.69, 9.17) is 0 Å². The van der Waals surface area contributed by atoms with Crippen molar-refractivity contribution in [3.8, 4) is 0 Å². The Morgan fingerprint density at radius 3 is 2.63 bits per heavy atom. The Labute approximate surface area is 114 Å². The third-order valence-electron chi connectivity index (χ3n) is 4.04. The Bertz CT molecular complexity index is 477. The third-order valence-corrected chi connectivity index (χ3v) is 4.04. The average molecular weight is 256 g/mol. The van der Waals surface area contributed by atoms with E-state index >= 15 is 0 Å². The van der Waals surface area contributed by atoms with Crippen LogP contribution in [0.1, 0.15) is 50.0 Å². The molecule has 3 rings (SSSR count). The summed E-state index contributed by atoms with van der Waals surface area (Å²) in [5, 5.41) is 4.42. The Hall–Kier alpha value is -1.64. The van der Waals surface area contributed by atoms with Crippen molar-refractivity contribution in [1.29, 1.82) is 0 Å². The number of hydrazone groups is 1. The number of amides is 1. The highest BCUT2D eigenvalue weighted by atomic mass is 16.2. The SMILES string of the molecule is O=C(NN=C1CCCC[C@@H]1c1ccccc1)C1CC1. The number of hydrogen-bond acceptors (Lipinski definition) is 2. The summed E-state index contributed by atoms with van der Waals surface area (Å²) in [5.74, 6) is 0.711. The minimum atomic E-state index is 0.102. The molecule has 1 aromatic rings. The molecule has 0 aliphatic heterocycles. The molecule has 2 saturated carbocycles. The smallest absolute Gasteiger partial charge is 0.243 e. The third kappa shape index (κ3) is 3.03. The second-order valence-electron chi connectivity index (χ2n) is 5.56. The molecule has 1 aromatic carbocycles. The molecule has 2 aliphatic rings. The van der Waals surface area contributed by atoms with Crippen LogP contribution in [0.15, 0.2) is 35.4 Å². The van der Waals surface area contributed by atoms with Gasteiger partial charge in [0, 0.05) is 17.5 Å². The van der Waals surface area contributed by atoms with Gasteiger partial charge in [0.05, 0.1) is 0 Å². The van der Waals surface area contributed by atoms with E-state index in [1.807, 2.05) is 6.07 Å². The molecule has 0 bridgehead atoms. The Morgan fingerprint density at radius 1 is 1.11 bits per heavy atom. The number of hydrogen-bond donors (Lipinski definition) is 1. The van der Waals surface area contributed by atoms with E-state index in [9.17, 15) is 4.79 Å². The number of benzene rings is 1. The van der Waals surface area contributed by atoms with Crippen LogP contribution in [0.3, 0.4) is 0 Å². The molecule has 0 radical (unpaired) electrons. The quantitative estimate of drug-likeness (QED) is 0.829. The number of rotatable bonds is 3. The predicted octanol–water partition coefficient (Wildman–Crippen LogP) is 3.23. The van der Waals surface area contributed by atoms with Gasteiger partial charge >= 0.3 is 0 Å². The maximum atomic E-state index is 11.7. The molecular formula is C16H20N2O. The van der Waals surface area contributed by atoms with E-state index in [0.717, 1.165) is 31.4 Å². The molecular weight excluding hydrogens is 236 g/mol. The van der Waals surface area contributed by atoms with Gasteiger partial charge in [-0.1, -0.05) is 36.8 Å². The maximum Gasteiger partial charge on any atom is 0.243 e. The molecule has 3 nitrogen and oxygen atoms in total. The van der Waals surface area contributed by atoms with E-state index < -0.39 is 0 Å². The molecule has 3 heteroatoms. The van der Waals surface area contributed by atoms with Crippen LogP contribution >= 0.6 is 0 Å². The molecule has 19 heavy (non-hydrogen) atoms. The van der Waals surface area contributed by atoms with Gasteiger partial charge in [-0.3, -0.25) is 4.79 Å². The van der Waals surface area contributed by atoms with Gasteiger partial charge in [-0.25, -0.2) is 5.43 Å². The zero-order chi connectivity index (χ0) is 13.1. The van der Waals surface area contributed by atoms with Crippen molar-refractivity contribution >= 4 is 11.6 Å². The van der Waals surface area contributed by atoms with Gasteiger partial charge in [0.25, 0.3) is 0 Å². The topological polar surface area (TPSA) is 41.5 Å². The second kappa shape index (κ2) is 5.55. The summed E-state index contributed by atoms with van der Waals surface area (Å²) in [6.45, 7) is 0. The zero-order valence-electron chi connectivity index (χ0n) is 11.1. The van der Waals surface area contributed by atoms with Crippen LogP contribution in [-0.4, -0.2) is 11.6 Å². The van der Waals surface area contributed by atoms with Crippen LogP contribution in [0, 0.1) is 5.92 Å². The number of nitrogens with zero attached hydrogens (tertiary/aromatic N) is 1. The monoisotopic (exact) mass is 256 g/mol. The first-order valence-corrected chi connectivity index (χ1v) is 7.26. The van der Waals surface area contributed by atoms with E-state index in [-0.39, 0.29) is 11.8 Å². The number of carbonyl (C=O) groups excluding carboxylic acids is 1. The van der Waals surface area contributed by atoms with Crippen molar-refractivity contribution in [3.05, 3.63) is 35.9 Å². The molecule has 1 atom stereocenters. The fourth-order valence-corrected chi connectivity index (χ4v) is 2.74. The van der Waals surface area contributed by atoms with Crippen LogP contribution in [0.5, 0.6) is 0 Å². The van der Waals surface area contributed by atoms with Gasteiger partial charge < -0.3 is 0 Å². The first-order chi connectivity index (χ1) is 9.34. The molecule has 0 aromatic heterocycles. The lowest BCUT2D eigenvalue weighted by atomic mass is 9.82. The van der Waals surface area contributed by atoms with Crippen LogP contribution in [-0.2, 0) is 4.79 Å². The average Bonchev–Trinajstić information content (AvgIpc) is 3.31. The summed E-state index contributed by atoms with van der Waals surface area (Å²) < 4.78 is 0. The summed E-state index contributed by atoms with van der Waals surface area (Å²) in [4.78, 5) is 11.7. The summed E-state index contributed by atoms with van der Waals surface area (Å²) >= 11 is 0. The highest BCUT2D eigenvalue weighted by Crippen LogP contribution is 2.31. The molecule has 0 heterocycles. The lowest BCUT2D eigenvalue weighted by molar-refractivity contribution is -0.122. The molecule has 100 valence electrons. The summed E-state index contributed by atoms with van der Waals surface area (Å²) in [6, 6.07) is 10.5. The Morgan fingerprint density at radius 2 is 1.89 bits per heavy atom. The van der Waals surface area contributed by atoms with Crippen molar-refractivity contribution in [1.82, 2.24) is 5.43 Å². The highest BCUT2D eigenvalue weighted by molar-refractivity contribution is 5.93. The Balaban J connectivity index is 1.73. The van der Waals surface area contributed by atoms with Crippen molar-refractivity contribution in [2.75, 3.05) is 0 Å². The normalized spacial score (nSPS) is 25.3. The van der Waals surface area contributed by atoms with Crippen LogP contribution in [0.2, 0.25) is 0 Å². The van der Waals surface area contributed by atoms with Gasteiger partial charge in [0.15, 0.2) is 0 Å².